The van der Waals surface area contributed by atoms with Gasteiger partial charge in [0.2, 0.25) is 11.8 Å². The van der Waals surface area contributed by atoms with Crippen LogP contribution < -0.4 is 5.56 Å². The predicted molar refractivity (Wildman–Crippen MR) is 119 cm³/mol. The number of likely N-dealkylation sites (tertiary alicyclic amines) is 1. The highest BCUT2D eigenvalue weighted by molar-refractivity contribution is 5.89. The van der Waals surface area contributed by atoms with Crippen molar-refractivity contribution in [1.29, 1.82) is 0 Å². The molecule has 8 heteroatoms. The molecule has 0 bridgehead atoms. The summed E-state index contributed by atoms with van der Waals surface area (Å²) in [6.07, 6.45) is 8.65. The fourth-order valence-electron chi connectivity index (χ4n) is 5.35. The largest absolute Gasteiger partial charge is 0.342 e. The van der Waals surface area contributed by atoms with Crippen LogP contribution >= 0.6 is 0 Å². The van der Waals surface area contributed by atoms with E-state index in [1.165, 1.54) is 19.3 Å². The van der Waals surface area contributed by atoms with E-state index in [0.717, 1.165) is 18.5 Å². The van der Waals surface area contributed by atoms with Crippen molar-refractivity contribution in [2.75, 3.05) is 19.6 Å². The smallest absolute Gasteiger partial charge is 0.254 e. The van der Waals surface area contributed by atoms with E-state index in [1.54, 1.807) is 6.20 Å². The number of amides is 2. The quantitative estimate of drug-likeness (QED) is 0.794. The van der Waals surface area contributed by atoms with E-state index in [9.17, 15) is 14.4 Å². The Morgan fingerprint density at radius 1 is 1.06 bits per heavy atom. The van der Waals surface area contributed by atoms with E-state index in [2.05, 4.69) is 15.0 Å². The molecule has 3 aliphatic rings. The van der Waals surface area contributed by atoms with Crippen LogP contribution in [0.3, 0.4) is 0 Å². The molecule has 0 radical (unpaired) electrons. The Kier molecular flexibility index (Phi) is 5.76. The molecule has 5 rings (SSSR count). The van der Waals surface area contributed by atoms with Gasteiger partial charge in [0, 0.05) is 50.3 Å². The molecule has 2 fully saturated rings. The van der Waals surface area contributed by atoms with Crippen molar-refractivity contribution in [2.24, 2.45) is 5.92 Å². The van der Waals surface area contributed by atoms with Gasteiger partial charge in [-0.3, -0.25) is 19.4 Å². The van der Waals surface area contributed by atoms with E-state index >= 15 is 0 Å². The number of carbonyl (C=O) groups is 2. The lowest BCUT2D eigenvalue weighted by atomic mass is 9.94. The Morgan fingerprint density at radius 3 is 2.66 bits per heavy atom. The van der Waals surface area contributed by atoms with Crippen LogP contribution in [0.4, 0.5) is 0 Å². The van der Waals surface area contributed by atoms with Crippen LogP contribution in [0, 0.1) is 5.92 Å². The van der Waals surface area contributed by atoms with Gasteiger partial charge in [0.05, 0.1) is 11.6 Å². The summed E-state index contributed by atoms with van der Waals surface area (Å²) in [5.74, 6) is 0.330. The molecular formula is C24H29N5O3. The van der Waals surface area contributed by atoms with Gasteiger partial charge < -0.3 is 14.8 Å². The van der Waals surface area contributed by atoms with Crippen molar-refractivity contribution in [3.05, 3.63) is 46.0 Å². The van der Waals surface area contributed by atoms with Crippen molar-refractivity contribution < 1.29 is 9.59 Å². The van der Waals surface area contributed by atoms with Gasteiger partial charge in [-0.2, -0.15) is 0 Å². The van der Waals surface area contributed by atoms with Gasteiger partial charge >= 0.3 is 0 Å². The van der Waals surface area contributed by atoms with Crippen molar-refractivity contribution in [3.8, 4) is 11.5 Å². The monoisotopic (exact) mass is 435 g/mol. The molecule has 8 nitrogen and oxygen atoms in total. The summed E-state index contributed by atoms with van der Waals surface area (Å²) >= 11 is 0. The number of hydrogen-bond acceptors (Lipinski definition) is 5. The second-order valence-electron chi connectivity index (χ2n) is 9.12. The minimum absolute atomic E-state index is 0.0332. The normalized spacial score (nSPS) is 22.0. The Balaban J connectivity index is 1.28. The molecule has 2 aliphatic heterocycles. The Hall–Kier alpha value is -3.03. The number of rotatable bonds is 3. The third kappa shape index (κ3) is 4.06. The topological polar surface area (TPSA) is 99.3 Å². The summed E-state index contributed by atoms with van der Waals surface area (Å²) < 4.78 is 0. The number of aromatic amines is 1. The number of carbonyl (C=O) groups excluding carboxylic acids is 2. The molecule has 1 unspecified atom stereocenters. The lowest BCUT2D eigenvalue weighted by molar-refractivity contribution is -0.135. The standard InChI is InChI=1S/C24H29N5O3/c30-21-14-16(15-29(21)17-6-2-1-3-7-17)24(32)28-12-9-18-19(10-13-28)26-22(27-23(18)31)20-8-4-5-11-25-20/h4-5,8,11,16-17H,1-3,6-7,9-10,12-15H2,(H,26,27,31). The highest BCUT2D eigenvalue weighted by Gasteiger charge is 2.40. The van der Waals surface area contributed by atoms with E-state index in [1.807, 2.05) is 28.0 Å². The van der Waals surface area contributed by atoms with Crippen molar-refractivity contribution >= 4 is 11.8 Å². The minimum Gasteiger partial charge on any atom is -0.342 e. The fraction of sp³-hybridized carbons (Fsp3) is 0.542. The number of H-pyrrole nitrogens is 1. The second kappa shape index (κ2) is 8.84. The SMILES string of the molecule is O=C(C1CC(=O)N(C2CCCCC2)C1)N1CCc2nc(-c3ccccn3)[nH]c(=O)c2CC1. The third-order valence-corrected chi connectivity index (χ3v) is 7.09. The van der Waals surface area contributed by atoms with E-state index in [4.69, 9.17) is 0 Å². The zero-order valence-electron chi connectivity index (χ0n) is 18.3. The first-order valence-electron chi connectivity index (χ1n) is 11.7. The predicted octanol–water partition coefficient (Wildman–Crippen LogP) is 1.94. The summed E-state index contributed by atoms with van der Waals surface area (Å²) in [5, 5.41) is 0. The van der Waals surface area contributed by atoms with Crippen LogP contribution in [0.15, 0.2) is 29.2 Å². The van der Waals surface area contributed by atoms with Crippen LogP contribution in [0.25, 0.3) is 11.5 Å². The van der Waals surface area contributed by atoms with E-state index in [0.29, 0.717) is 62.0 Å². The molecule has 2 amide bonds. The van der Waals surface area contributed by atoms with Gasteiger partial charge in [0.15, 0.2) is 5.82 Å². The van der Waals surface area contributed by atoms with Crippen molar-refractivity contribution in [3.63, 3.8) is 0 Å². The number of nitrogens with zero attached hydrogens (tertiary/aromatic N) is 4. The van der Waals surface area contributed by atoms with Crippen LogP contribution in [-0.4, -0.2) is 62.2 Å². The van der Waals surface area contributed by atoms with Gasteiger partial charge in [-0.25, -0.2) is 4.98 Å². The third-order valence-electron chi connectivity index (χ3n) is 7.09. The lowest BCUT2D eigenvalue weighted by Gasteiger charge is -2.31. The number of aromatic nitrogens is 3. The number of fused-ring (bicyclic) bond motifs is 1. The summed E-state index contributed by atoms with van der Waals surface area (Å²) in [5.41, 5.74) is 1.84. The van der Waals surface area contributed by atoms with Gasteiger partial charge in [-0.05, 0) is 31.4 Å². The van der Waals surface area contributed by atoms with Crippen LogP contribution in [-0.2, 0) is 22.4 Å². The van der Waals surface area contributed by atoms with Gasteiger partial charge in [-0.15, -0.1) is 0 Å². The first kappa shape index (κ1) is 20.8. The first-order chi connectivity index (χ1) is 15.6. The van der Waals surface area contributed by atoms with Crippen molar-refractivity contribution in [2.45, 2.75) is 57.4 Å². The fourth-order valence-corrected chi connectivity index (χ4v) is 5.35. The number of pyridine rings is 1. The maximum Gasteiger partial charge on any atom is 0.254 e. The van der Waals surface area contributed by atoms with Crippen LogP contribution in [0.5, 0.6) is 0 Å². The average molecular weight is 436 g/mol. The molecule has 0 aromatic carbocycles. The Labute approximate surface area is 187 Å². The molecule has 2 aromatic heterocycles. The molecule has 2 aromatic rings. The Morgan fingerprint density at radius 2 is 1.88 bits per heavy atom. The van der Waals surface area contributed by atoms with E-state index in [-0.39, 0.29) is 23.3 Å². The summed E-state index contributed by atoms with van der Waals surface area (Å²) in [4.78, 5) is 54.2. The van der Waals surface area contributed by atoms with Crippen LogP contribution in [0.2, 0.25) is 0 Å². The summed E-state index contributed by atoms with van der Waals surface area (Å²) in [7, 11) is 0. The molecule has 1 aliphatic carbocycles. The highest BCUT2D eigenvalue weighted by atomic mass is 16.2. The van der Waals surface area contributed by atoms with E-state index < -0.39 is 0 Å². The van der Waals surface area contributed by atoms with Gasteiger partial charge in [0.1, 0.15) is 5.69 Å². The lowest BCUT2D eigenvalue weighted by Crippen LogP contribution is -2.41. The number of hydrogen-bond donors (Lipinski definition) is 1. The summed E-state index contributed by atoms with van der Waals surface area (Å²) in [6, 6.07) is 5.79. The second-order valence-corrected chi connectivity index (χ2v) is 9.12. The molecule has 32 heavy (non-hydrogen) atoms. The average Bonchev–Trinajstić information content (AvgIpc) is 3.08. The number of nitrogens with one attached hydrogen (secondary N) is 1. The Bertz CT molecular complexity index is 1060. The zero-order valence-corrected chi connectivity index (χ0v) is 18.3. The van der Waals surface area contributed by atoms with Gasteiger partial charge in [0.25, 0.3) is 5.56 Å². The molecule has 1 saturated carbocycles. The molecule has 1 atom stereocenters. The molecule has 1 saturated heterocycles. The summed E-state index contributed by atoms with van der Waals surface area (Å²) in [6.45, 7) is 1.53. The highest BCUT2D eigenvalue weighted by Crippen LogP contribution is 2.30. The molecule has 4 heterocycles. The first-order valence-corrected chi connectivity index (χ1v) is 11.7. The van der Waals surface area contributed by atoms with Crippen molar-refractivity contribution in [1.82, 2.24) is 24.8 Å². The molecule has 1 N–H and O–H groups in total. The van der Waals surface area contributed by atoms with Crippen LogP contribution in [0.1, 0.15) is 49.8 Å². The molecular weight excluding hydrogens is 406 g/mol. The minimum atomic E-state index is -0.277. The van der Waals surface area contributed by atoms with Gasteiger partial charge in [-0.1, -0.05) is 25.3 Å². The molecule has 0 spiro atoms. The maximum absolute atomic E-state index is 13.3. The zero-order chi connectivity index (χ0) is 22.1. The molecule has 168 valence electrons. The maximum atomic E-state index is 13.3.